The molecule has 0 unspecified atom stereocenters. The summed E-state index contributed by atoms with van der Waals surface area (Å²) in [5.74, 6) is -1.73. The molecule has 2 aliphatic rings. The van der Waals surface area contributed by atoms with Crippen LogP contribution in [0.5, 0.6) is 0 Å². The van der Waals surface area contributed by atoms with E-state index in [-0.39, 0.29) is 12.2 Å². The number of halogens is 3. The van der Waals surface area contributed by atoms with Crippen molar-refractivity contribution in [2.75, 3.05) is 19.8 Å². The second-order valence-corrected chi connectivity index (χ2v) is 5.99. The third kappa shape index (κ3) is 5.58. The minimum atomic E-state index is -5.08. The molecule has 0 spiro atoms. The zero-order valence-corrected chi connectivity index (χ0v) is 14.2. The fraction of sp³-hybridized carbons (Fsp3) is 0.588. The Labute approximate surface area is 149 Å². The van der Waals surface area contributed by atoms with E-state index in [1.165, 1.54) is 0 Å². The Hall–Kier alpha value is -1.84. The number of hydrogen-bond donors (Lipinski definition) is 1. The lowest BCUT2D eigenvalue weighted by atomic mass is 10.1. The van der Waals surface area contributed by atoms with Crippen molar-refractivity contribution in [1.82, 2.24) is 4.90 Å². The van der Waals surface area contributed by atoms with E-state index in [4.69, 9.17) is 23.8 Å². The second kappa shape index (κ2) is 9.20. The molecule has 1 aromatic rings. The van der Waals surface area contributed by atoms with Crippen molar-refractivity contribution < 1.29 is 37.0 Å². The van der Waals surface area contributed by atoms with Crippen LogP contribution in [0.3, 0.4) is 0 Å². The van der Waals surface area contributed by atoms with Crippen LogP contribution in [0, 0.1) is 0 Å². The van der Waals surface area contributed by atoms with Crippen LogP contribution in [-0.2, 0) is 20.8 Å². The lowest BCUT2D eigenvalue weighted by molar-refractivity contribution is -0.192. The number of ether oxygens (including phenoxy) is 2. The highest BCUT2D eigenvalue weighted by Crippen LogP contribution is 2.33. The molecule has 2 heterocycles. The molecule has 1 aromatic heterocycles. The van der Waals surface area contributed by atoms with Gasteiger partial charge in [-0.15, -0.1) is 6.58 Å². The van der Waals surface area contributed by atoms with Gasteiger partial charge in [-0.05, 0) is 25.0 Å². The molecule has 26 heavy (non-hydrogen) atoms. The standard InChI is InChI=1S/C15H21NO3.C2HF3O2/c1-2-8-18-14-6-5-13-15(14)19-10-7-16(13)11-12-4-3-9-17-12;3-2(4,5)1(6)7/h2-4,9,13-15H,1,5-8,10-11H2;(H,6,7)/t13-,14+,15+;/m0./s1. The fourth-order valence-electron chi connectivity index (χ4n) is 3.16. The SMILES string of the molecule is C=CCO[C@@H]1CC[C@H]2[C@H]1OCCN2Cc1ccco1.O=C(O)C(F)(F)F. The van der Waals surface area contributed by atoms with E-state index in [1.54, 1.807) is 12.3 Å². The number of carbonyl (C=O) groups is 1. The number of carboxylic acid groups (broad SMARTS) is 1. The lowest BCUT2D eigenvalue weighted by Crippen LogP contribution is -2.51. The summed E-state index contributed by atoms with van der Waals surface area (Å²) in [4.78, 5) is 11.4. The van der Waals surface area contributed by atoms with Crippen LogP contribution in [0.2, 0.25) is 0 Å². The predicted molar refractivity (Wildman–Crippen MR) is 85.5 cm³/mol. The van der Waals surface area contributed by atoms with Gasteiger partial charge in [0.2, 0.25) is 0 Å². The Bertz CT molecular complexity index is 575. The van der Waals surface area contributed by atoms with Gasteiger partial charge in [0.05, 0.1) is 38.2 Å². The van der Waals surface area contributed by atoms with Crippen molar-refractivity contribution in [1.29, 1.82) is 0 Å². The summed E-state index contributed by atoms with van der Waals surface area (Å²) >= 11 is 0. The molecule has 1 N–H and O–H groups in total. The van der Waals surface area contributed by atoms with Gasteiger partial charge in [-0.3, -0.25) is 4.90 Å². The van der Waals surface area contributed by atoms with Crippen molar-refractivity contribution in [3.8, 4) is 0 Å². The van der Waals surface area contributed by atoms with Crippen LogP contribution in [0.25, 0.3) is 0 Å². The lowest BCUT2D eigenvalue weighted by Gasteiger charge is -2.38. The van der Waals surface area contributed by atoms with Crippen LogP contribution in [0.15, 0.2) is 35.5 Å². The summed E-state index contributed by atoms with van der Waals surface area (Å²) in [5, 5.41) is 7.12. The molecule has 0 radical (unpaired) electrons. The minimum Gasteiger partial charge on any atom is -0.475 e. The number of hydrogen-bond acceptors (Lipinski definition) is 5. The highest BCUT2D eigenvalue weighted by atomic mass is 19.4. The minimum absolute atomic E-state index is 0.198. The molecule has 1 saturated carbocycles. The molecule has 0 bridgehead atoms. The smallest absolute Gasteiger partial charge is 0.475 e. The largest absolute Gasteiger partial charge is 0.490 e. The molecular weight excluding hydrogens is 355 g/mol. The van der Waals surface area contributed by atoms with Crippen molar-refractivity contribution in [2.24, 2.45) is 0 Å². The summed E-state index contributed by atoms with van der Waals surface area (Å²) in [6.07, 6.45) is 1.06. The van der Waals surface area contributed by atoms with Gasteiger partial charge >= 0.3 is 12.1 Å². The first-order valence-electron chi connectivity index (χ1n) is 8.23. The van der Waals surface area contributed by atoms with E-state index < -0.39 is 12.1 Å². The Kier molecular flexibility index (Phi) is 7.24. The third-order valence-corrected chi connectivity index (χ3v) is 4.26. The van der Waals surface area contributed by atoms with Crippen LogP contribution in [-0.4, -0.2) is 60.2 Å². The first-order valence-corrected chi connectivity index (χ1v) is 8.23. The maximum atomic E-state index is 10.6. The zero-order valence-electron chi connectivity index (χ0n) is 14.2. The first kappa shape index (κ1) is 20.5. The number of carboxylic acids is 1. The average Bonchev–Trinajstić information content (AvgIpc) is 3.23. The van der Waals surface area contributed by atoms with Gasteiger partial charge in [-0.1, -0.05) is 6.08 Å². The topological polar surface area (TPSA) is 72.1 Å². The molecule has 3 rings (SSSR count). The van der Waals surface area contributed by atoms with Gasteiger partial charge in [0, 0.05) is 12.6 Å². The number of alkyl halides is 3. The Morgan fingerprint density at radius 3 is 2.77 bits per heavy atom. The van der Waals surface area contributed by atoms with E-state index in [9.17, 15) is 13.2 Å². The predicted octanol–water partition coefficient (Wildman–Crippen LogP) is 2.85. The monoisotopic (exact) mass is 377 g/mol. The number of nitrogens with zero attached hydrogens (tertiary/aromatic N) is 1. The number of fused-ring (bicyclic) bond motifs is 1. The van der Waals surface area contributed by atoms with Crippen LogP contribution in [0.1, 0.15) is 18.6 Å². The second-order valence-electron chi connectivity index (χ2n) is 5.99. The number of rotatable bonds is 5. The first-order chi connectivity index (χ1) is 12.3. The average molecular weight is 377 g/mol. The molecule has 1 aliphatic heterocycles. The molecule has 2 fully saturated rings. The molecule has 1 aliphatic carbocycles. The van der Waals surface area contributed by atoms with Gasteiger partial charge in [0.1, 0.15) is 5.76 Å². The number of aliphatic carboxylic acids is 1. The molecule has 0 amide bonds. The van der Waals surface area contributed by atoms with Crippen molar-refractivity contribution in [3.63, 3.8) is 0 Å². The molecule has 6 nitrogen and oxygen atoms in total. The quantitative estimate of drug-likeness (QED) is 0.796. The van der Waals surface area contributed by atoms with Gasteiger partial charge < -0.3 is 19.0 Å². The van der Waals surface area contributed by atoms with Gasteiger partial charge in [0.15, 0.2) is 0 Å². The normalized spacial score (nSPS) is 25.9. The summed E-state index contributed by atoms with van der Waals surface area (Å²) in [5.41, 5.74) is 0. The van der Waals surface area contributed by atoms with E-state index in [0.717, 1.165) is 38.3 Å². The van der Waals surface area contributed by atoms with E-state index in [2.05, 4.69) is 11.5 Å². The summed E-state index contributed by atoms with van der Waals surface area (Å²) in [6.45, 7) is 6.92. The van der Waals surface area contributed by atoms with Crippen molar-refractivity contribution in [3.05, 3.63) is 36.8 Å². The van der Waals surface area contributed by atoms with E-state index >= 15 is 0 Å². The summed E-state index contributed by atoms with van der Waals surface area (Å²) in [7, 11) is 0. The molecule has 0 aromatic carbocycles. The van der Waals surface area contributed by atoms with Crippen molar-refractivity contribution in [2.45, 2.75) is 43.8 Å². The highest BCUT2D eigenvalue weighted by Gasteiger charge is 2.43. The van der Waals surface area contributed by atoms with Gasteiger partial charge in [-0.25, -0.2) is 4.79 Å². The highest BCUT2D eigenvalue weighted by molar-refractivity contribution is 5.73. The number of furan rings is 1. The number of morpholine rings is 1. The fourth-order valence-corrected chi connectivity index (χ4v) is 3.16. The Morgan fingerprint density at radius 2 is 2.19 bits per heavy atom. The van der Waals surface area contributed by atoms with Gasteiger partial charge in [0.25, 0.3) is 0 Å². The maximum Gasteiger partial charge on any atom is 0.490 e. The van der Waals surface area contributed by atoms with E-state index in [0.29, 0.717) is 12.6 Å². The molecular formula is C17H22F3NO5. The molecule has 1 saturated heterocycles. The molecule has 9 heteroatoms. The van der Waals surface area contributed by atoms with Crippen molar-refractivity contribution >= 4 is 5.97 Å². The summed E-state index contributed by atoms with van der Waals surface area (Å²) in [6, 6.07) is 4.43. The molecule has 3 atom stereocenters. The Morgan fingerprint density at radius 1 is 1.46 bits per heavy atom. The van der Waals surface area contributed by atoms with E-state index in [1.807, 2.05) is 12.1 Å². The van der Waals surface area contributed by atoms with Crippen LogP contribution in [0.4, 0.5) is 13.2 Å². The van der Waals surface area contributed by atoms with Crippen LogP contribution >= 0.6 is 0 Å². The third-order valence-electron chi connectivity index (χ3n) is 4.26. The summed E-state index contributed by atoms with van der Waals surface area (Å²) < 4.78 is 48.9. The maximum absolute atomic E-state index is 10.6. The zero-order chi connectivity index (χ0) is 19.2. The Balaban J connectivity index is 0.000000298. The van der Waals surface area contributed by atoms with Gasteiger partial charge in [-0.2, -0.15) is 13.2 Å². The van der Waals surface area contributed by atoms with Crippen LogP contribution < -0.4 is 0 Å². The molecule has 146 valence electrons.